The van der Waals surface area contributed by atoms with Gasteiger partial charge >= 0.3 is 0 Å². The summed E-state index contributed by atoms with van der Waals surface area (Å²) in [4.78, 5) is 0. The van der Waals surface area contributed by atoms with Crippen molar-refractivity contribution in [3.8, 4) is 0 Å². The fourth-order valence-electron chi connectivity index (χ4n) is 3.31. The summed E-state index contributed by atoms with van der Waals surface area (Å²) in [5, 5.41) is 13.4. The van der Waals surface area contributed by atoms with Crippen molar-refractivity contribution in [3.05, 3.63) is 0 Å². The van der Waals surface area contributed by atoms with E-state index in [1.807, 2.05) is 0 Å². The van der Waals surface area contributed by atoms with Gasteiger partial charge in [-0.2, -0.15) is 0 Å². The van der Waals surface area contributed by atoms with Gasteiger partial charge in [0.25, 0.3) is 0 Å². The molecule has 1 saturated heterocycles. The van der Waals surface area contributed by atoms with Gasteiger partial charge in [-0.05, 0) is 38.1 Å². The zero-order valence-electron chi connectivity index (χ0n) is 11.6. The van der Waals surface area contributed by atoms with Gasteiger partial charge in [0.15, 0.2) is 0 Å². The van der Waals surface area contributed by atoms with E-state index in [0.717, 1.165) is 31.9 Å². The normalized spacial score (nSPS) is 27.5. The van der Waals surface area contributed by atoms with Crippen LogP contribution in [0.15, 0.2) is 0 Å². The van der Waals surface area contributed by atoms with E-state index < -0.39 is 0 Å². The fourth-order valence-corrected chi connectivity index (χ4v) is 3.31. The van der Waals surface area contributed by atoms with E-state index >= 15 is 0 Å². The first-order chi connectivity index (χ1) is 8.84. The highest BCUT2D eigenvalue weighted by Gasteiger charge is 2.19. The minimum Gasteiger partial charge on any atom is -0.391 e. The van der Waals surface area contributed by atoms with Gasteiger partial charge in [-0.1, -0.05) is 32.1 Å². The van der Waals surface area contributed by atoms with Gasteiger partial charge in [0.2, 0.25) is 0 Å². The highest BCUT2D eigenvalue weighted by Crippen LogP contribution is 2.28. The molecule has 2 aliphatic rings. The van der Waals surface area contributed by atoms with Crippen molar-refractivity contribution in [2.24, 2.45) is 5.92 Å². The smallest absolute Gasteiger partial charge is 0.0776 e. The number of hydrogen-bond acceptors (Lipinski definition) is 3. The Kier molecular flexibility index (Phi) is 6.46. The number of piperidine rings is 1. The Balaban J connectivity index is 1.46. The lowest BCUT2D eigenvalue weighted by Gasteiger charge is -2.23. The average molecular weight is 255 g/mol. The molecule has 1 aliphatic carbocycles. The van der Waals surface area contributed by atoms with Crippen LogP contribution in [0, 0.1) is 5.92 Å². The van der Waals surface area contributed by atoms with E-state index in [1.54, 1.807) is 0 Å². The number of aliphatic hydroxyl groups excluding tert-OH is 1. The largest absolute Gasteiger partial charge is 0.391 e. The average Bonchev–Trinajstić information content (AvgIpc) is 2.89. The van der Waals surface area contributed by atoms with Gasteiger partial charge in [-0.3, -0.25) is 0 Å². The molecule has 1 saturated carbocycles. The SMILES string of the molecule is OC(COCCC1CCCCN1)CC1CCCC1. The third-order valence-electron chi connectivity index (χ3n) is 4.41. The Labute approximate surface area is 111 Å². The van der Waals surface area contributed by atoms with Crippen LogP contribution in [0.5, 0.6) is 0 Å². The Hall–Kier alpha value is -0.120. The maximum absolute atomic E-state index is 9.91. The van der Waals surface area contributed by atoms with E-state index in [0.29, 0.717) is 12.6 Å². The monoisotopic (exact) mass is 255 g/mol. The Morgan fingerprint density at radius 1 is 1.11 bits per heavy atom. The zero-order chi connectivity index (χ0) is 12.6. The predicted molar refractivity (Wildman–Crippen MR) is 73.7 cm³/mol. The van der Waals surface area contributed by atoms with Crippen LogP contribution >= 0.6 is 0 Å². The Morgan fingerprint density at radius 3 is 2.61 bits per heavy atom. The first-order valence-corrected chi connectivity index (χ1v) is 7.84. The molecule has 1 aliphatic heterocycles. The summed E-state index contributed by atoms with van der Waals surface area (Å²) in [6.45, 7) is 2.48. The molecule has 1 heterocycles. The quantitative estimate of drug-likeness (QED) is 0.687. The van der Waals surface area contributed by atoms with E-state index in [2.05, 4.69) is 5.32 Å². The molecule has 3 nitrogen and oxygen atoms in total. The van der Waals surface area contributed by atoms with Crippen LogP contribution in [0.1, 0.15) is 57.8 Å². The highest BCUT2D eigenvalue weighted by molar-refractivity contribution is 4.73. The van der Waals surface area contributed by atoms with E-state index in [4.69, 9.17) is 4.74 Å². The number of nitrogens with one attached hydrogen (secondary N) is 1. The summed E-state index contributed by atoms with van der Waals surface area (Å²) < 4.78 is 5.62. The second kappa shape index (κ2) is 8.13. The molecule has 3 heteroatoms. The fraction of sp³-hybridized carbons (Fsp3) is 1.00. The minimum absolute atomic E-state index is 0.243. The molecule has 2 N–H and O–H groups in total. The lowest BCUT2D eigenvalue weighted by atomic mass is 10.0. The zero-order valence-corrected chi connectivity index (χ0v) is 11.6. The molecular formula is C15H29NO2. The summed E-state index contributed by atoms with van der Waals surface area (Å²) in [5.74, 6) is 0.753. The van der Waals surface area contributed by atoms with E-state index in [1.165, 1.54) is 44.9 Å². The summed E-state index contributed by atoms with van der Waals surface area (Å²) in [7, 11) is 0. The van der Waals surface area contributed by atoms with Crippen LogP contribution in [-0.2, 0) is 4.74 Å². The lowest BCUT2D eigenvalue weighted by Crippen LogP contribution is -2.35. The molecule has 0 aromatic carbocycles. The second-order valence-electron chi connectivity index (χ2n) is 6.05. The van der Waals surface area contributed by atoms with E-state index in [-0.39, 0.29) is 6.10 Å². The predicted octanol–water partition coefficient (Wildman–Crippen LogP) is 2.48. The minimum atomic E-state index is -0.243. The second-order valence-corrected chi connectivity index (χ2v) is 6.05. The molecule has 0 bridgehead atoms. The molecule has 18 heavy (non-hydrogen) atoms. The van der Waals surface area contributed by atoms with Crippen molar-refractivity contribution < 1.29 is 9.84 Å². The molecule has 2 fully saturated rings. The summed E-state index contributed by atoms with van der Waals surface area (Å²) in [6, 6.07) is 0.644. The third-order valence-corrected chi connectivity index (χ3v) is 4.41. The van der Waals surface area contributed by atoms with Gasteiger partial charge in [0.05, 0.1) is 12.7 Å². The van der Waals surface area contributed by atoms with Gasteiger partial charge < -0.3 is 15.2 Å². The van der Waals surface area contributed by atoms with Crippen LogP contribution in [-0.4, -0.2) is 37.0 Å². The first kappa shape index (κ1) is 14.3. The Morgan fingerprint density at radius 2 is 1.89 bits per heavy atom. The standard InChI is InChI=1S/C15H29NO2/c17-15(11-13-5-1-2-6-13)12-18-10-8-14-7-3-4-9-16-14/h13-17H,1-12H2. The van der Waals surface area contributed by atoms with Gasteiger partial charge in [-0.15, -0.1) is 0 Å². The number of rotatable bonds is 7. The molecule has 0 radical (unpaired) electrons. The number of ether oxygens (including phenoxy) is 1. The Bertz CT molecular complexity index is 211. The molecule has 0 aromatic rings. The highest BCUT2D eigenvalue weighted by atomic mass is 16.5. The molecule has 106 valence electrons. The van der Waals surface area contributed by atoms with Crippen molar-refractivity contribution in [2.45, 2.75) is 69.9 Å². The molecule has 0 spiro atoms. The summed E-state index contributed by atoms with van der Waals surface area (Å²) in [6.07, 6.45) is 11.1. The van der Waals surface area contributed by atoms with Crippen LogP contribution < -0.4 is 5.32 Å². The summed E-state index contributed by atoms with van der Waals surface area (Å²) >= 11 is 0. The van der Waals surface area contributed by atoms with E-state index in [9.17, 15) is 5.11 Å². The third kappa shape index (κ3) is 5.25. The number of hydrogen-bond donors (Lipinski definition) is 2. The lowest BCUT2D eigenvalue weighted by molar-refractivity contribution is 0.0206. The van der Waals surface area contributed by atoms with Crippen molar-refractivity contribution in [3.63, 3.8) is 0 Å². The van der Waals surface area contributed by atoms with Crippen molar-refractivity contribution in [2.75, 3.05) is 19.8 Å². The molecular weight excluding hydrogens is 226 g/mol. The maximum Gasteiger partial charge on any atom is 0.0776 e. The summed E-state index contributed by atoms with van der Waals surface area (Å²) in [5.41, 5.74) is 0. The van der Waals surface area contributed by atoms with Crippen molar-refractivity contribution in [1.29, 1.82) is 0 Å². The van der Waals surface area contributed by atoms with Crippen LogP contribution in [0.3, 0.4) is 0 Å². The van der Waals surface area contributed by atoms with Gasteiger partial charge in [0, 0.05) is 12.6 Å². The topological polar surface area (TPSA) is 41.5 Å². The molecule has 0 aromatic heterocycles. The van der Waals surface area contributed by atoms with Crippen LogP contribution in [0.4, 0.5) is 0 Å². The molecule has 2 unspecified atom stereocenters. The molecule has 2 rings (SSSR count). The van der Waals surface area contributed by atoms with Crippen LogP contribution in [0.2, 0.25) is 0 Å². The maximum atomic E-state index is 9.91. The van der Waals surface area contributed by atoms with Gasteiger partial charge in [0.1, 0.15) is 0 Å². The molecule has 0 amide bonds. The molecule has 2 atom stereocenters. The van der Waals surface area contributed by atoms with Crippen molar-refractivity contribution >= 4 is 0 Å². The first-order valence-electron chi connectivity index (χ1n) is 7.84. The van der Waals surface area contributed by atoms with Crippen molar-refractivity contribution in [1.82, 2.24) is 5.32 Å². The van der Waals surface area contributed by atoms with Crippen LogP contribution in [0.25, 0.3) is 0 Å². The van der Waals surface area contributed by atoms with Gasteiger partial charge in [-0.25, -0.2) is 0 Å². The number of aliphatic hydroxyl groups is 1.